The predicted molar refractivity (Wildman–Crippen MR) is 122 cm³/mol. The number of rotatable bonds is 7. The molecule has 0 saturated carbocycles. The van der Waals surface area contributed by atoms with Crippen LogP contribution in [0.15, 0.2) is 72.3 Å². The van der Waals surface area contributed by atoms with E-state index in [9.17, 15) is 8.42 Å². The summed E-state index contributed by atoms with van der Waals surface area (Å²) < 4.78 is 32.2. The zero-order chi connectivity index (χ0) is 22.2. The van der Waals surface area contributed by atoms with E-state index in [4.69, 9.17) is 5.10 Å². The summed E-state index contributed by atoms with van der Waals surface area (Å²) in [5.41, 5.74) is 1.56. The molecule has 8 nitrogen and oxygen atoms in total. The fraction of sp³-hybridized carbons (Fsp3) is 0.348. The molecule has 1 saturated heterocycles. The van der Waals surface area contributed by atoms with Crippen molar-refractivity contribution in [2.75, 3.05) is 13.1 Å². The van der Waals surface area contributed by atoms with E-state index in [2.05, 4.69) is 10.1 Å². The summed E-state index contributed by atoms with van der Waals surface area (Å²) in [5, 5.41) is 9.99. The molecule has 0 amide bonds. The van der Waals surface area contributed by atoms with Gasteiger partial charge in [0, 0.05) is 50.0 Å². The Morgan fingerprint density at radius 2 is 1.94 bits per heavy atom. The topological polar surface area (TPSA) is 85.9 Å². The van der Waals surface area contributed by atoms with Crippen molar-refractivity contribution in [1.29, 1.82) is 0 Å². The molecule has 1 fully saturated rings. The summed E-state index contributed by atoms with van der Waals surface area (Å²) in [6.07, 6.45) is 10.7. The third kappa shape index (κ3) is 3.61. The minimum absolute atomic E-state index is 0.244. The van der Waals surface area contributed by atoms with Crippen molar-refractivity contribution in [1.82, 2.24) is 28.9 Å². The van der Waals surface area contributed by atoms with Crippen molar-refractivity contribution in [3.8, 4) is 0 Å². The number of fused-ring (bicyclic) bond motifs is 1. The molecule has 0 aliphatic carbocycles. The normalized spacial score (nSPS) is 19.7. The molecule has 0 N–H and O–H groups in total. The van der Waals surface area contributed by atoms with Crippen LogP contribution in [-0.2, 0) is 28.5 Å². The maximum atomic E-state index is 13.5. The van der Waals surface area contributed by atoms with Crippen molar-refractivity contribution in [3.63, 3.8) is 0 Å². The van der Waals surface area contributed by atoms with Crippen LogP contribution in [0.1, 0.15) is 25.3 Å². The third-order valence-electron chi connectivity index (χ3n) is 6.18. The summed E-state index contributed by atoms with van der Waals surface area (Å²) in [6.45, 7) is 3.50. The lowest BCUT2D eigenvalue weighted by atomic mass is 9.90. The predicted octanol–water partition coefficient (Wildman–Crippen LogP) is 3.07. The molecule has 1 aromatic carbocycles. The number of pyridine rings is 1. The second-order valence-electron chi connectivity index (χ2n) is 8.41. The quantitative estimate of drug-likeness (QED) is 0.432. The number of hydrogen-bond donors (Lipinski definition) is 0. The average Bonchev–Trinajstić information content (AvgIpc) is 3.54. The molecule has 4 heterocycles. The van der Waals surface area contributed by atoms with Gasteiger partial charge < -0.3 is 0 Å². The largest absolute Gasteiger partial charge is 0.271 e. The number of para-hydroxylation sites is 1. The maximum absolute atomic E-state index is 13.5. The Morgan fingerprint density at radius 3 is 2.75 bits per heavy atom. The van der Waals surface area contributed by atoms with Gasteiger partial charge in [-0.05, 0) is 30.5 Å². The Balaban J connectivity index is 1.53. The van der Waals surface area contributed by atoms with Gasteiger partial charge in [-0.3, -0.25) is 14.3 Å². The van der Waals surface area contributed by atoms with Crippen LogP contribution in [0.4, 0.5) is 0 Å². The van der Waals surface area contributed by atoms with Crippen LogP contribution < -0.4 is 0 Å². The number of benzene rings is 1. The van der Waals surface area contributed by atoms with Crippen LogP contribution in [0.25, 0.3) is 10.9 Å². The van der Waals surface area contributed by atoms with Gasteiger partial charge in [-0.1, -0.05) is 31.2 Å². The highest BCUT2D eigenvalue weighted by molar-refractivity contribution is 7.89. The van der Waals surface area contributed by atoms with E-state index in [-0.39, 0.29) is 4.90 Å². The van der Waals surface area contributed by atoms with Crippen molar-refractivity contribution < 1.29 is 8.42 Å². The minimum atomic E-state index is -3.65. The first-order chi connectivity index (χ1) is 15.5. The maximum Gasteiger partial charge on any atom is 0.246 e. The first kappa shape index (κ1) is 20.8. The van der Waals surface area contributed by atoms with Crippen LogP contribution in [0.2, 0.25) is 0 Å². The van der Waals surface area contributed by atoms with Crippen LogP contribution in [0.5, 0.6) is 0 Å². The third-order valence-corrected chi connectivity index (χ3v) is 7.98. The molecule has 0 radical (unpaired) electrons. The lowest BCUT2D eigenvalue weighted by Gasteiger charge is -2.31. The summed E-state index contributed by atoms with van der Waals surface area (Å²) in [5.74, 6) is 0. The average molecular weight is 451 g/mol. The van der Waals surface area contributed by atoms with Crippen LogP contribution >= 0.6 is 0 Å². The van der Waals surface area contributed by atoms with E-state index >= 15 is 0 Å². The summed E-state index contributed by atoms with van der Waals surface area (Å²) in [6, 6.07) is 12.0. The molecule has 32 heavy (non-hydrogen) atoms. The fourth-order valence-corrected chi connectivity index (χ4v) is 6.10. The molecule has 1 aliphatic rings. The smallest absolute Gasteiger partial charge is 0.246 e. The molecule has 4 aromatic rings. The Labute approximate surface area is 187 Å². The van der Waals surface area contributed by atoms with Gasteiger partial charge in [0.25, 0.3) is 0 Å². The van der Waals surface area contributed by atoms with Crippen molar-refractivity contribution in [3.05, 3.63) is 72.9 Å². The van der Waals surface area contributed by atoms with Gasteiger partial charge in [0.15, 0.2) is 0 Å². The highest BCUT2D eigenvalue weighted by Crippen LogP contribution is 2.37. The lowest BCUT2D eigenvalue weighted by molar-refractivity contribution is 0.276. The standard InChI is InChI=1S/C23H26N6O2S/c1-2-11-27-17-21(16-25-27)32(30,31)28-12-9-23(18-28,13-19-6-5-10-24-14-19)29-22-8-4-3-7-20(22)15-26-29/h3-8,10,14-17H,2,9,11-13,18H2,1H3. The lowest BCUT2D eigenvalue weighted by Crippen LogP contribution is -2.41. The number of nitrogens with zero attached hydrogens (tertiary/aromatic N) is 6. The second kappa shape index (κ2) is 8.14. The molecule has 9 heteroatoms. The van der Waals surface area contributed by atoms with E-state index in [0.717, 1.165) is 22.9 Å². The van der Waals surface area contributed by atoms with Crippen molar-refractivity contribution in [2.45, 2.75) is 43.2 Å². The van der Waals surface area contributed by atoms with Crippen LogP contribution in [-0.4, -0.2) is 50.4 Å². The van der Waals surface area contributed by atoms with E-state index < -0.39 is 15.6 Å². The molecular weight excluding hydrogens is 424 g/mol. The number of aromatic nitrogens is 5. The number of sulfonamides is 1. The highest BCUT2D eigenvalue weighted by Gasteiger charge is 2.46. The zero-order valence-electron chi connectivity index (χ0n) is 18.0. The number of hydrogen-bond acceptors (Lipinski definition) is 5. The van der Waals surface area contributed by atoms with Crippen LogP contribution in [0, 0.1) is 0 Å². The SMILES string of the molecule is CCCn1cc(S(=O)(=O)N2CCC(Cc3cccnc3)(n3ncc4ccccc43)C2)cn1. The van der Waals surface area contributed by atoms with Crippen molar-refractivity contribution >= 4 is 20.9 Å². The molecular formula is C23H26N6O2S. The Hall–Kier alpha value is -3.04. The van der Waals surface area contributed by atoms with Gasteiger partial charge in [-0.25, -0.2) is 8.42 Å². The zero-order valence-corrected chi connectivity index (χ0v) is 18.8. The van der Waals surface area contributed by atoms with E-state index in [1.165, 1.54) is 6.20 Å². The molecule has 0 bridgehead atoms. The van der Waals surface area contributed by atoms with E-state index in [0.29, 0.717) is 32.5 Å². The minimum Gasteiger partial charge on any atom is -0.271 e. The molecule has 0 spiro atoms. The van der Waals surface area contributed by atoms with Gasteiger partial charge in [0.05, 0.1) is 23.4 Å². The van der Waals surface area contributed by atoms with Gasteiger partial charge in [0.2, 0.25) is 10.0 Å². The Morgan fingerprint density at radius 1 is 1.06 bits per heavy atom. The van der Waals surface area contributed by atoms with E-state index in [1.54, 1.807) is 21.4 Å². The molecule has 1 aliphatic heterocycles. The highest BCUT2D eigenvalue weighted by atomic mass is 32.2. The van der Waals surface area contributed by atoms with Crippen molar-refractivity contribution in [2.24, 2.45) is 0 Å². The van der Waals surface area contributed by atoms with Gasteiger partial charge in [-0.2, -0.15) is 14.5 Å². The first-order valence-electron chi connectivity index (χ1n) is 10.9. The summed E-state index contributed by atoms with van der Waals surface area (Å²) in [4.78, 5) is 4.51. The summed E-state index contributed by atoms with van der Waals surface area (Å²) in [7, 11) is -3.65. The Bertz CT molecular complexity index is 1330. The molecule has 3 aromatic heterocycles. The van der Waals surface area contributed by atoms with Gasteiger partial charge in [-0.15, -0.1) is 0 Å². The van der Waals surface area contributed by atoms with E-state index in [1.807, 2.05) is 60.4 Å². The molecule has 166 valence electrons. The molecule has 5 rings (SSSR count). The second-order valence-corrected chi connectivity index (χ2v) is 10.3. The summed E-state index contributed by atoms with van der Waals surface area (Å²) >= 11 is 0. The monoisotopic (exact) mass is 450 g/mol. The van der Waals surface area contributed by atoms with Gasteiger partial charge >= 0.3 is 0 Å². The Kier molecular flexibility index (Phi) is 5.30. The fourth-order valence-electron chi connectivity index (χ4n) is 4.63. The number of aryl methyl sites for hydroxylation is 1. The molecule has 1 unspecified atom stereocenters. The molecule has 1 atom stereocenters. The first-order valence-corrected chi connectivity index (χ1v) is 12.3. The van der Waals surface area contributed by atoms with Gasteiger partial charge in [0.1, 0.15) is 4.90 Å². The van der Waals surface area contributed by atoms with Crippen LogP contribution in [0.3, 0.4) is 0 Å².